The molecule has 0 aromatic rings. The molecule has 0 unspecified atom stereocenters. The third-order valence-electron chi connectivity index (χ3n) is 2.17. The smallest absolute Gasteiger partial charge is 0.219 e. The first-order valence-electron chi connectivity index (χ1n) is 5.13. The van der Waals surface area contributed by atoms with Crippen molar-refractivity contribution < 1.29 is 0 Å². The monoisotopic (exact) mass is 250 g/mol. The maximum Gasteiger partial charge on any atom is 0.219 e. The van der Waals surface area contributed by atoms with E-state index in [4.69, 9.17) is 22.0 Å². The van der Waals surface area contributed by atoms with Gasteiger partial charge in [-0.05, 0) is 0 Å². The second kappa shape index (κ2) is 6.90. The van der Waals surface area contributed by atoms with Gasteiger partial charge < -0.3 is 11.5 Å². The van der Waals surface area contributed by atoms with Crippen LogP contribution in [0.2, 0.25) is 0 Å². The first-order chi connectivity index (χ1) is 8.65. The summed E-state index contributed by atoms with van der Waals surface area (Å²) in [6, 6.07) is 0. The van der Waals surface area contributed by atoms with Crippen LogP contribution in [0, 0.1) is 22.9 Å². The van der Waals surface area contributed by atoms with Gasteiger partial charge in [-0.1, -0.05) is 0 Å². The molecular formula is C8H14N10. The summed E-state index contributed by atoms with van der Waals surface area (Å²) in [4.78, 5) is 6.71. The maximum absolute atomic E-state index is 8.31. The van der Waals surface area contributed by atoms with Crippen molar-refractivity contribution >= 4 is 11.9 Å². The lowest BCUT2D eigenvalue weighted by atomic mass is 10.4. The Bertz CT molecular complexity index is 365. The Morgan fingerprint density at radius 1 is 0.889 bits per heavy atom. The van der Waals surface area contributed by atoms with Gasteiger partial charge in [-0.2, -0.15) is 10.5 Å². The Labute approximate surface area is 104 Å². The average Bonchev–Trinajstić information content (AvgIpc) is 2.32. The fourth-order valence-electron chi connectivity index (χ4n) is 1.41. The summed E-state index contributed by atoms with van der Waals surface area (Å²) in [6.45, 7) is 2.59. The number of hydrazine groups is 2. The molecule has 0 atom stereocenters. The highest BCUT2D eigenvalue weighted by Gasteiger charge is 2.17. The molecule has 0 bridgehead atoms. The van der Waals surface area contributed by atoms with E-state index in [9.17, 15) is 0 Å². The van der Waals surface area contributed by atoms with E-state index in [1.807, 2.05) is 10.0 Å². The number of nitrogens with one attached hydrogen (secondary N) is 2. The summed E-state index contributed by atoms with van der Waals surface area (Å²) >= 11 is 0. The van der Waals surface area contributed by atoms with Gasteiger partial charge in [0.05, 0.1) is 0 Å². The van der Waals surface area contributed by atoms with E-state index in [2.05, 4.69) is 20.8 Å². The number of hydrogen-bond acceptors (Lipinski definition) is 6. The zero-order chi connectivity index (χ0) is 13.4. The molecular weight excluding hydrogens is 236 g/mol. The van der Waals surface area contributed by atoms with Crippen molar-refractivity contribution in [1.82, 2.24) is 20.9 Å². The van der Waals surface area contributed by atoms with E-state index < -0.39 is 0 Å². The molecule has 10 heteroatoms. The van der Waals surface area contributed by atoms with Gasteiger partial charge in [-0.3, -0.25) is 10.9 Å². The minimum atomic E-state index is 0.0597. The first-order valence-corrected chi connectivity index (χ1v) is 5.13. The maximum atomic E-state index is 8.31. The van der Waals surface area contributed by atoms with Gasteiger partial charge in [0, 0.05) is 26.2 Å². The van der Waals surface area contributed by atoms with Crippen molar-refractivity contribution in [2.45, 2.75) is 0 Å². The van der Waals surface area contributed by atoms with Crippen LogP contribution in [0.25, 0.3) is 0 Å². The van der Waals surface area contributed by atoms with Gasteiger partial charge in [-0.15, -0.1) is 9.98 Å². The van der Waals surface area contributed by atoms with E-state index >= 15 is 0 Å². The molecule has 1 saturated heterocycles. The highest BCUT2D eigenvalue weighted by atomic mass is 15.6. The number of rotatable bonds is 2. The second-order valence-corrected chi connectivity index (χ2v) is 3.39. The SMILES string of the molecule is N#CN=C(N)NN1CCN(NC(N)=NC#N)CC1. The molecule has 1 heterocycles. The van der Waals surface area contributed by atoms with Gasteiger partial charge in [0.25, 0.3) is 0 Å². The van der Waals surface area contributed by atoms with Crippen LogP contribution >= 0.6 is 0 Å². The molecule has 18 heavy (non-hydrogen) atoms. The van der Waals surface area contributed by atoms with Crippen molar-refractivity contribution in [2.75, 3.05) is 26.2 Å². The molecule has 1 rings (SSSR count). The zero-order valence-corrected chi connectivity index (χ0v) is 9.67. The Balaban J connectivity index is 2.34. The molecule has 0 saturated carbocycles. The fraction of sp³-hybridized carbons (Fsp3) is 0.500. The van der Waals surface area contributed by atoms with Gasteiger partial charge in [0.2, 0.25) is 24.3 Å². The Morgan fingerprint density at radius 2 is 1.22 bits per heavy atom. The molecule has 0 radical (unpaired) electrons. The Kier molecular flexibility index (Phi) is 5.18. The molecule has 96 valence electrons. The topological polar surface area (TPSA) is 155 Å². The molecule has 1 aliphatic heterocycles. The molecule has 0 aliphatic carbocycles. The largest absolute Gasteiger partial charge is 0.368 e. The number of aliphatic imine (C=N–C) groups is 2. The Hall–Kier alpha value is -2.56. The van der Waals surface area contributed by atoms with Crippen LogP contribution in [0.4, 0.5) is 0 Å². The molecule has 0 aromatic carbocycles. The van der Waals surface area contributed by atoms with E-state index in [1.54, 1.807) is 12.4 Å². The summed E-state index contributed by atoms with van der Waals surface area (Å²) in [7, 11) is 0. The summed E-state index contributed by atoms with van der Waals surface area (Å²) in [5.41, 5.74) is 16.5. The van der Waals surface area contributed by atoms with E-state index in [0.717, 1.165) is 0 Å². The zero-order valence-electron chi connectivity index (χ0n) is 9.67. The van der Waals surface area contributed by atoms with E-state index in [1.165, 1.54) is 0 Å². The van der Waals surface area contributed by atoms with Crippen molar-refractivity contribution in [3.05, 3.63) is 0 Å². The minimum Gasteiger partial charge on any atom is -0.368 e. The summed E-state index contributed by atoms with van der Waals surface area (Å²) < 4.78 is 0. The number of piperazine rings is 1. The lowest BCUT2D eigenvalue weighted by Crippen LogP contribution is -2.59. The van der Waals surface area contributed by atoms with Crippen LogP contribution in [0.1, 0.15) is 0 Å². The van der Waals surface area contributed by atoms with Gasteiger partial charge in [0.15, 0.2) is 0 Å². The van der Waals surface area contributed by atoms with Crippen molar-refractivity contribution in [2.24, 2.45) is 21.5 Å². The molecule has 0 amide bonds. The normalized spacial score (nSPS) is 18.8. The van der Waals surface area contributed by atoms with Gasteiger partial charge >= 0.3 is 0 Å². The molecule has 0 spiro atoms. The quantitative estimate of drug-likeness (QED) is 0.233. The van der Waals surface area contributed by atoms with Crippen LogP contribution in [0.5, 0.6) is 0 Å². The van der Waals surface area contributed by atoms with Crippen LogP contribution in [-0.4, -0.2) is 48.1 Å². The number of nitrogens with two attached hydrogens (primary N) is 2. The Morgan fingerprint density at radius 3 is 1.50 bits per heavy atom. The lowest BCUT2D eigenvalue weighted by molar-refractivity contribution is 0.0934. The van der Waals surface area contributed by atoms with Gasteiger partial charge in [-0.25, -0.2) is 10.0 Å². The summed E-state index contributed by atoms with van der Waals surface area (Å²) in [6.07, 6.45) is 3.19. The predicted molar refractivity (Wildman–Crippen MR) is 63.9 cm³/mol. The molecule has 10 nitrogen and oxygen atoms in total. The molecule has 0 aromatic heterocycles. The predicted octanol–water partition coefficient (Wildman–Crippen LogP) is -2.80. The van der Waals surface area contributed by atoms with Gasteiger partial charge in [0.1, 0.15) is 0 Å². The summed E-state index contributed by atoms with van der Waals surface area (Å²) in [5, 5.41) is 20.3. The third kappa shape index (κ3) is 4.52. The lowest BCUT2D eigenvalue weighted by Gasteiger charge is -2.34. The van der Waals surface area contributed by atoms with Crippen molar-refractivity contribution in [3.8, 4) is 12.4 Å². The highest BCUT2D eigenvalue weighted by molar-refractivity contribution is 5.78. The third-order valence-corrected chi connectivity index (χ3v) is 2.17. The molecule has 6 N–H and O–H groups in total. The van der Waals surface area contributed by atoms with Crippen LogP contribution in [0.3, 0.4) is 0 Å². The molecule has 1 fully saturated rings. The second-order valence-electron chi connectivity index (χ2n) is 3.39. The number of hydrogen-bond donors (Lipinski definition) is 4. The fourth-order valence-corrected chi connectivity index (χ4v) is 1.41. The summed E-state index contributed by atoms with van der Waals surface area (Å²) in [5.74, 6) is 0.119. The van der Waals surface area contributed by atoms with Crippen LogP contribution in [-0.2, 0) is 0 Å². The number of nitrogens with zero attached hydrogens (tertiary/aromatic N) is 6. The van der Waals surface area contributed by atoms with Crippen LogP contribution < -0.4 is 22.3 Å². The van der Waals surface area contributed by atoms with Crippen molar-refractivity contribution in [1.29, 1.82) is 10.5 Å². The number of nitriles is 2. The number of guanidine groups is 2. The minimum absolute atomic E-state index is 0.0597. The van der Waals surface area contributed by atoms with E-state index in [0.29, 0.717) is 26.2 Å². The van der Waals surface area contributed by atoms with Crippen LogP contribution in [0.15, 0.2) is 9.98 Å². The highest BCUT2D eigenvalue weighted by Crippen LogP contribution is 1.95. The van der Waals surface area contributed by atoms with E-state index in [-0.39, 0.29) is 11.9 Å². The first kappa shape index (κ1) is 13.5. The average molecular weight is 250 g/mol. The molecule has 1 aliphatic rings. The standard InChI is InChI=1S/C8H14N10/c9-5-13-7(11)15-17-1-2-18(4-3-17)16-8(12)14-6-10/h1-4H2,(H3,11,13,15)(H3,12,14,16). The van der Waals surface area contributed by atoms with Crippen molar-refractivity contribution in [3.63, 3.8) is 0 Å².